The van der Waals surface area contributed by atoms with Crippen molar-refractivity contribution in [3.05, 3.63) is 53.8 Å². The summed E-state index contributed by atoms with van der Waals surface area (Å²) in [5.74, 6) is 0.0128. The molecule has 35 heavy (non-hydrogen) atoms. The number of hydrogen-bond donors (Lipinski definition) is 2. The van der Waals surface area contributed by atoms with Crippen molar-refractivity contribution in [3.8, 4) is 5.75 Å². The van der Waals surface area contributed by atoms with E-state index in [9.17, 15) is 19.1 Å². The van der Waals surface area contributed by atoms with E-state index >= 15 is 0 Å². The molecule has 0 radical (unpaired) electrons. The largest absolute Gasteiger partial charge is 0.488 e. The van der Waals surface area contributed by atoms with E-state index in [-0.39, 0.29) is 49.3 Å². The number of nitrogens with zero attached hydrogens (tertiary/aromatic N) is 3. The minimum atomic E-state index is -0.415. The van der Waals surface area contributed by atoms with Gasteiger partial charge in [0.25, 0.3) is 0 Å². The molecule has 3 atom stereocenters. The second-order valence-electron chi connectivity index (χ2n) is 9.39. The van der Waals surface area contributed by atoms with E-state index in [1.807, 2.05) is 51.0 Å². The zero-order chi connectivity index (χ0) is 25.7. The lowest BCUT2D eigenvalue weighted by atomic mass is 10.0. The van der Waals surface area contributed by atoms with E-state index in [1.165, 1.54) is 29.2 Å². The number of urea groups is 1. The molecular formula is C26H35FN4O4. The van der Waals surface area contributed by atoms with Gasteiger partial charge in [0, 0.05) is 50.5 Å². The van der Waals surface area contributed by atoms with E-state index in [0.29, 0.717) is 18.0 Å². The fourth-order valence-corrected chi connectivity index (χ4v) is 4.02. The SMILES string of the molecule is C[C@H](CO)N1C[C@H](C)[C@@H](CN(C)C(=O)Nc2ccc(F)cc2)Oc2ccc(N(C)C)cc2CC1=O. The molecule has 1 aliphatic heterocycles. The highest BCUT2D eigenvalue weighted by atomic mass is 19.1. The average molecular weight is 487 g/mol. The van der Waals surface area contributed by atoms with Gasteiger partial charge in [-0.1, -0.05) is 6.92 Å². The number of ether oxygens (including phenoxy) is 1. The van der Waals surface area contributed by atoms with Crippen LogP contribution in [-0.4, -0.2) is 79.8 Å². The Bertz CT molecular complexity index is 1030. The second-order valence-corrected chi connectivity index (χ2v) is 9.39. The first kappa shape index (κ1) is 26.3. The van der Waals surface area contributed by atoms with Crippen molar-refractivity contribution < 1.29 is 23.8 Å². The van der Waals surface area contributed by atoms with Crippen LogP contribution in [0.2, 0.25) is 0 Å². The van der Waals surface area contributed by atoms with Gasteiger partial charge in [0.2, 0.25) is 5.91 Å². The molecule has 0 fully saturated rings. The summed E-state index contributed by atoms with van der Waals surface area (Å²) in [7, 11) is 5.52. The Kier molecular flexibility index (Phi) is 8.56. The van der Waals surface area contributed by atoms with Crippen LogP contribution in [0.15, 0.2) is 42.5 Å². The Hall–Kier alpha value is -3.33. The summed E-state index contributed by atoms with van der Waals surface area (Å²) in [6.07, 6.45) is -0.260. The maximum Gasteiger partial charge on any atom is 0.321 e. The summed E-state index contributed by atoms with van der Waals surface area (Å²) in [6.45, 7) is 4.29. The van der Waals surface area contributed by atoms with Crippen molar-refractivity contribution in [2.45, 2.75) is 32.4 Å². The Morgan fingerprint density at radius 1 is 1.23 bits per heavy atom. The van der Waals surface area contributed by atoms with Crippen molar-refractivity contribution in [2.75, 3.05) is 51.1 Å². The maximum absolute atomic E-state index is 13.2. The Morgan fingerprint density at radius 2 is 1.91 bits per heavy atom. The first-order valence-electron chi connectivity index (χ1n) is 11.7. The van der Waals surface area contributed by atoms with Crippen molar-refractivity contribution in [1.29, 1.82) is 0 Å². The number of amides is 3. The highest BCUT2D eigenvalue weighted by molar-refractivity contribution is 5.89. The predicted molar refractivity (Wildman–Crippen MR) is 134 cm³/mol. The van der Waals surface area contributed by atoms with E-state index in [4.69, 9.17) is 4.74 Å². The summed E-state index contributed by atoms with van der Waals surface area (Å²) >= 11 is 0. The number of nitrogens with one attached hydrogen (secondary N) is 1. The van der Waals surface area contributed by atoms with Crippen LogP contribution in [-0.2, 0) is 11.2 Å². The van der Waals surface area contributed by atoms with Gasteiger partial charge < -0.3 is 29.9 Å². The molecule has 1 heterocycles. The Labute approximate surface area is 206 Å². The third kappa shape index (κ3) is 6.63. The zero-order valence-electron chi connectivity index (χ0n) is 21.0. The number of anilines is 2. The van der Waals surface area contributed by atoms with Crippen molar-refractivity contribution in [3.63, 3.8) is 0 Å². The molecule has 0 spiro atoms. The van der Waals surface area contributed by atoms with Crippen LogP contribution in [0.4, 0.5) is 20.6 Å². The predicted octanol–water partition coefficient (Wildman–Crippen LogP) is 3.20. The standard InChI is InChI=1S/C26H35FN4O4/c1-17-14-31(18(2)16-32)25(33)13-19-12-22(29(3)4)10-11-23(19)35-24(17)15-30(5)26(34)28-21-8-6-20(27)7-9-21/h6-12,17-18,24,32H,13-16H2,1-5H3,(H,28,34)/t17-,18+,24+/m0/s1. The molecule has 2 aromatic carbocycles. The normalized spacial score (nSPS) is 18.9. The molecule has 8 nitrogen and oxygen atoms in total. The number of fused-ring (bicyclic) bond motifs is 1. The monoisotopic (exact) mass is 486 g/mol. The molecular weight excluding hydrogens is 451 g/mol. The van der Waals surface area contributed by atoms with E-state index in [1.54, 1.807) is 11.9 Å². The second kappa shape index (κ2) is 11.4. The molecule has 3 rings (SSSR count). The number of benzene rings is 2. The smallest absolute Gasteiger partial charge is 0.321 e. The number of hydrogen-bond acceptors (Lipinski definition) is 5. The van der Waals surface area contributed by atoms with E-state index in [2.05, 4.69) is 5.32 Å². The van der Waals surface area contributed by atoms with Gasteiger partial charge in [-0.2, -0.15) is 0 Å². The lowest BCUT2D eigenvalue weighted by Crippen LogP contribution is -2.48. The maximum atomic E-state index is 13.2. The highest BCUT2D eigenvalue weighted by Crippen LogP contribution is 2.30. The van der Waals surface area contributed by atoms with Crippen molar-refractivity contribution in [1.82, 2.24) is 9.80 Å². The molecule has 0 saturated heterocycles. The van der Waals surface area contributed by atoms with Gasteiger partial charge >= 0.3 is 6.03 Å². The number of aliphatic hydroxyl groups is 1. The molecule has 2 aromatic rings. The number of carbonyl (C=O) groups is 2. The number of carbonyl (C=O) groups excluding carboxylic acids is 2. The molecule has 2 N–H and O–H groups in total. The van der Waals surface area contributed by atoms with Gasteiger partial charge in [-0.3, -0.25) is 4.79 Å². The third-order valence-corrected chi connectivity index (χ3v) is 6.31. The zero-order valence-corrected chi connectivity index (χ0v) is 21.0. The first-order chi connectivity index (χ1) is 16.6. The topological polar surface area (TPSA) is 85.3 Å². The number of rotatable bonds is 6. The number of likely N-dealkylation sites (N-methyl/N-ethyl adjacent to an activating group) is 1. The molecule has 3 amide bonds. The summed E-state index contributed by atoms with van der Waals surface area (Å²) in [5, 5.41) is 12.5. The lowest BCUT2D eigenvalue weighted by molar-refractivity contribution is -0.134. The van der Waals surface area contributed by atoms with Crippen LogP contribution < -0.4 is 15.0 Å². The average Bonchev–Trinajstić information content (AvgIpc) is 2.87. The minimum Gasteiger partial charge on any atom is -0.488 e. The van der Waals surface area contributed by atoms with Crippen LogP contribution in [0.3, 0.4) is 0 Å². The van der Waals surface area contributed by atoms with Crippen molar-refractivity contribution >= 4 is 23.3 Å². The van der Waals surface area contributed by atoms with Gasteiger partial charge in [0.05, 0.1) is 25.6 Å². The molecule has 0 bridgehead atoms. The summed E-state index contributed by atoms with van der Waals surface area (Å²) in [4.78, 5) is 31.2. The molecule has 0 saturated carbocycles. The lowest BCUT2D eigenvalue weighted by Gasteiger charge is -2.34. The molecule has 0 aromatic heterocycles. The van der Waals surface area contributed by atoms with Gasteiger partial charge in [-0.25, -0.2) is 9.18 Å². The number of halogens is 1. The fraction of sp³-hybridized carbons (Fsp3) is 0.462. The van der Waals surface area contributed by atoms with Crippen molar-refractivity contribution in [2.24, 2.45) is 5.92 Å². The molecule has 190 valence electrons. The van der Waals surface area contributed by atoms with Gasteiger partial charge in [0.1, 0.15) is 17.7 Å². The Morgan fingerprint density at radius 3 is 2.54 bits per heavy atom. The fourth-order valence-electron chi connectivity index (χ4n) is 4.02. The van der Waals surface area contributed by atoms with Crippen LogP contribution in [0.5, 0.6) is 5.75 Å². The molecule has 9 heteroatoms. The van der Waals surface area contributed by atoms with E-state index in [0.717, 1.165) is 11.3 Å². The minimum absolute atomic E-state index is 0.0813. The summed E-state index contributed by atoms with van der Waals surface area (Å²) in [6, 6.07) is 10.6. The van der Waals surface area contributed by atoms with Gasteiger partial charge in [0.15, 0.2) is 0 Å². The van der Waals surface area contributed by atoms with Gasteiger partial charge in [-0.15, -0.1) is 0 Å². The first-order valence-corrected chi connectivity index (χ1v) is 11.7. The quantitative estimate of drug-likeness (QED) is 0.655. The van der Waals surface area contributed by atoms with Crippen LogP contribution in [0.25, 0.3) is 0 Å². The van der Waals surface area contributed by atoms with Gasteiger partial charge in [-0.05, 0) is 49.4 Å². The van der Waals surface area contributed by atoms with Crippen LogP contribution in [0.1, 0.15) is 19.4 Å². The summed E-state index contributed by atoms with van der Waals surface area (Å²) < 4.78 is 19.6. The molecule has 1 aliphatic rings. The van der Waals surface area contributed by atoms with Crippen LogP contribution in [0, 0.1) is 11.7 Å². The molecule has 0 aliphatic carbocycles. The van der Waals surface area contributed by atoms with Crippen LogP contribution >= 0.6 is 0 Å². The Balaban J connectivity index is 1.86. The molecule has 0 unspecified atom stereocenters. The highest BCUT2D eigenvalue weighted by Gasteiger charge is 2.32. The third-order valence-electron chi connectivity index (χ3n) is 6.31. The van der Waals surface area contributed by atoms with E-state index < -0.39 is 6.10 Å². The number of aliphatic hydroxyl groups excluding tert-OH is 1. The summed E-state index contributed by atoms with van der Waals surface area (Å²) in [5.41, 5.74) is 2.19.